The van der Waals surface area contributed by atoms with E-state index in [-0.39, 0.29) is 46.6 Å². The van der Waals surface area contributed by atoms with Gasteiger partial charge in [-0.2, -0.15) is 5.10 Å². The van der Waals surface area contributed by atoms with Crippen molar-refractivity contribution in [2.75, 3.05) is 0 Å². The van der Waals surface area contributed by atoms with Gasteiger partial charge in [0.2, 0.25) is 0 Å². The summed E-state index contributed by atoms with van der Waals surface area (Å²) in [7, 11) is 0. The van der Waals surface area contributed by atoms with Crippen molar-refractivity contribution in [3.05, 3.63) is 64.9 Å². The van der Waals surface area contributed by atoms with Crippen LogP contribution in [0.2, 0.25) is 0 Å². The molecule has 30 heavy (non-hydrogen) atoms. The Kier molecular flexibility index (Phi) is 4.52. The van der Waals surface area contributed by atoms with Gasteiger partial charge in [-0.15, -0.1) is 0 Å². The SMILES string of the molecule is Cc1cc(C(F)F)n2ncc(C(=O)N3C4CCC3CC(c3ccc(F)cc3)C4)c2n1. The summed E-state index contributed by atoms with van der Waals surface area (Å²) in [5, 5.41) is 4.03. The third-order valence-corrected chi connectivity index (χ3v) is 6.39. The van der Waals surface area contributed by atoms with E-state index in [4.69, 9.17) is 0 Å². The second-order valence-corrected chi connectivity index (χ2v) is 8.23. The molecule has 2 aliphatic rings. The average molecular weight is 414 g/mol. The highest BCUT2D eigenvalue weighted by Gasteiger charge is 2.44. The summed E-state index contributed by atoms with van der Waals surface area (Å²) >= 11 is 0. The van der Waals surface area contributed by atoms with Crippen molar-refractivity contribution in [2.45, 2.75) is 57.0 Å². The standard InChI is InChI=1S/C22H21F3N4O/c1-12-8-19(20(24)25)29-21(27-12)18(11-26-29)22(30)28-16-6-7-17(28)10-14(9-16)13-2-4-15(23)5-3-13/h2-5,8,11,14,16-17,20H,6-7,9-10H2,1H3. The predicted octanol–water partition coefficient (Wildman–Crippen LogP) is 4.67. The van der Waals surface area contributed by atoms with Crippen LogP contribution in [0.4, 0.5) is 13.2 Å². The summed E-state index contributed by atoms with van der Waals surface area (Å²) in [6.07, 6.45) is 2.06. The van der Waals surface area contributed by atoms with Crippen LogP contribution in [0.25, 0.3) is 5.65 Å². The molecule has 2 fully saturated rings. The fraction of sp³-hybridized carbons (Fsp3) is 0.409. The fourth-order valence-electron chi connectivity index (χ4n) is 5.07. The second kappa shape index (κ2) is 7.11. The maximum absolute atomic E-state index is 13.4. The molecule has 2 bridgehead atoms. The number of nitrogens with zero attached hydrogens (tertiary/aromatic N) is 4. The number of hydrogen-bond donors (Lipinski definition) is 0. The molecule has 0 aliphatic carbocycles. The first-order chi connectivity index (χ1) is 14.4. The molecule has 5 nitrogen and oxygen atoms in total. The summed E-state index contributed by atoms with van der Waals surface area (Å²) in [5.41, 5.74) is 1.68. The van der Waals surface area contributed by atoms with Crippen LogP contribution in [0, 0.1) is 12.7 Å². The third kappa shape index (κ3) is 3.05. The number of hydrogen-bond acceptors (Lipinski definition) is 3. The molecule has 2 saturated heterocycles. The molecule has 4 heterocycles. The lowest BCUT2D eigenvalue weighted by molar-refractivity contribution is 0.0573. The van der Waals surface area contributed by atoms with E-state index in [2.05, 4.69) is 10.1 Å². The van der Waals surface area contributed by atoms with Crippen molar-refractivity contribution in [2.24, 2.45) is 0 Å². The van der Waals surface area contributed by atoms with Gasteiger partial charge in [0.1, 0.15) is 17.1 Å². The molecular formula is C22H21F3N4O. The molecule has 0 radical (unpaired) electrons. The van der Waals surface area contributed by atoms with Crippen molar-refractivity contribution < 1.29 is 18.0 Å². The Morgan fingerprint density at radius 2 is 1.80 bits per heavy atom. The monoisotopic (exact) mass is 414 g/mol. The lowest BCUT2D eigenvalue weighted by atomic mass is 9.85. The molecule has 2 aliphatic heterocycles. The summed E-state index contributed by atoms with van der Waals surface area (Å²) in [6.45, 7) is 1.63. The number of fused-ring (bicyclic) bond motifs is 3. The molecule has 1 aromatic carbocycles. The van der Waals surface area contributed by atoms with Gasteiger partial charge in [0.15, 0.2) is 5.65 Å². The van der Waals surface area contributed by atoms with Gasteiger partial charge >= 0.3 is 0 Å². The number of carbonyl (C=O) groups is 1. The van der Waals surface area contributed by atoms with Gasteiger partial charge in [0, 0.05) is 17.8 Å². The van der Waals surface area contributed by atoms with Crippen LogP contribution in [0.3, 0.4) is 0 Å². The fourth-order valence-corrected chi connectivity index (χ4v) is 5.07. The Labute approximate surface area is 171 Å². The lowest BCUT2D eigenvalue weighted by Crippen LogP contribution is -2.46. The Balaban J connectivity index is 1.45. The number of aromatic nitrogens is 3. The Morgan fingerprint density at radius 1 is 1.13 bits per heavy atom. The zero-order valence-corrected chi connectivity index (χ0v) is 16.4. The number of aryl methyl sites for hydroxylation is 1. The zero-order chi connectivity index (χ0) is 21.0. The van der Waals surface area contributed by atoms with E-state index in [1.165, 1.54) is 24.4 Å². The lowest BCUT2D eigenvalue weighted by Gasteiger charge is -2.39. The van der Waals surface area contributed by atoms with Gasteiger partial charge in [-0.3, -0.25) is 4.79 Å². The van der Waals surface area contributed by atoms with Crippen molar-refractivity contribution >= 4 is 11.6 Å². The van der Waals surface area contributed by atoms with Crippen LogP contribution in [0.1, 0.15) is 65.3 Å². The minimum Gasteiger partial charge on any atom is -0.332 e. The van der Waals surface area contributed by atoms with Crippen LogP contribution in [0.5, 0.6) is 0 Å². The molecule has 156 valence electrons. The zero-order valence-electron chi connectivity index (χ0n) is 16.4. The number of halogens is 3. The number of alkyl halides is 2. The molecule has 1 amide bonds. The van der Waals surface area contributed by atoms with E-state index in [1.54, 1.807) is 6.92 Å². The summed E-state index contributed by atoms with van der Waals surface area (Å²) < 4.78 is 41.1. The highest BCUT2D eigenvalue weighted by atomic mass is 19.3. The number of benzene rings is 1. The van der Waals surface area contributed by atoms with Gasteiger partial charge in [-0.1, -0.05) is 12.1 Å². The van der Waals surface area contributed by atoms with Crippen LogP contribution in [-0.4, -0.2) is 37.5 Å². The molecule has 0 spiro atoms. The van der Waals surface area contributed by atoms with Crippen molar-refractivity contribution in [3.8, 4) is 0 Å². The van der Waals surface area contributed by atoms with E-state index >= 15 is 0 Å². The van der Waals surface area contributed by atoms with Crippen LogP contribution in [0.15, 0.2) is 36.5 Å². The number of piperidine rings is 1. The van der Waals surface area contributed by atoms with Gasteiger partial charge in [-0.05, 0) is 62.3 Å². The Hall–Kier alpha value is -2.90. The molecule has 2 unspecified atom stereocenters. The minimum atomic E-state index is -2.71. The normalized spacial score (nSPS) is 23.5. The van der Waals surface area contributed by atoms with Crippen molar-refractivity contribution in [1.29, 1.82) is 0 Å². The van der Waals surface area contributed by atoms with E-state index in [0.29, 0.717) is 5.69 Å². The van der Waals surface area contributed by atoms with E-state index in [0.717, 1.165) is 35.8 Å². The Bertz CT molecular complexity index is 1100. The molecule has 0 saturated carbocycles. The molecule has 5 rings (SSSR count). The summed E-state index contributed by atoms with van der Waals surface area (Å²) in [4.78, 5) is 19.6. The van der Waals surface area contributed by atoms with Gasteiger partial charge in [0.05, 0.1) is 6.20 Å². The Morgan fingerprint density at radius 3 is 2.43 bits per heavy atom. The minimum absolute atomic E-state index is 0.0700. The van der Waals surface area contributed by atoms with Crippen molar-refractivity contribution in [3.63, 3.8) is 0 Å². The van der Waals surface area contributed by atoms with Crippen LogP contribution < -0.4 is 0 Å². The highest BCUT2D eigenvalue weighted by Crippen LogP contribution is 2.44. The van der Waals surface area contributed by atoms with Crippen LogP contribution >= 0.6 is 0 Å². The van der Waals surface area contributed by atoms with Crippen LogP contribution in [-0.2, 0) is 0 Å². The first kappa shape index (κ1) is 19.1. The second-order valence-electron chi connectivity index (χ2n) is 8.23. The van der Waals surface area contributed by atoms with E-state index in [9.17, 15) is 18.0 Å². The van der Waals surface area contributed by atoms with Crippen molar-refractivity contribution in [1.82, 2.24) is 19.5 Å². The number of amides is 1. The largest absolute Gasteiger partial charge is 0.332 e. The first-order valence-corrected chi connectivity index (χ1v) is 10.1. The summed E-state index contributed by atoms with van der Waals surface area (Å²) in [5.74, 6) is -0.177. The molecule has 8 heteroatoms. The quantitative estimate of drug-likeness (QED) is 0.626. The maximum Gasteiger partial charge on any atom is 0.280 e. The smallest absolute Gasteiger partial charge is 0.280 e. The highest BCUT2D eigenvalue weighted by molar-refractivity contribution is 6.00. The summed E-state index contributed by atoms with van der Waals surface area (Å²) in [6, 6.07) is 8.02. The molecule has 3 aromatic rings. The van der Waals surface area contributed by atoms with E-state index < -0.39 is 6.43 Å². The number of carbonyl (C=O) groups excluding carboxylic acids is 1. The molecule has 2 aromatic heterocycles. The number of rotatable bonds is 3. The molecule has 2 atom stereocenters. The van der Waals surface area contributed by atoms with Gasteiger partial charge in [0.25, 0.3) is 12.3 Å². The molecular weight excluding hydrogens is 393 g/mol. The maximum atomic E-state index is 13.4. The van der Waals surface area contributed by atoms with Gasteiger partial charge in [-0.25, -0.2) is 22.7 Å². The van der Waals surface area contributed by atoms with Gasteiger partial charge < -0.3 is 4.90 Å². The van der Waals surface area contributed by atoms with E-state index in [1.807, 2.05) is 17.0 Å². The average Bonchev–Trinajstić information content (AvgIpc) is 3.25. The third-order valence-electron chi connectivity index (χ3n) is 6.39. The topological polar surface area (TPSA) is 50.5 Å². The molecule has 0 N–H and O–H groups in total. The first-order valence-electron chi connectivity index (χ1n) is 10.1. The predicted molar refractivity (Wildman–Crippen MR) is 104 cm³/mol.